The van der Waals surface area contributed by atoms with Crippen LogP contribution in [0, 0.1) is 11.3 Å². The highest BCUT2D eigenvalue weighted by Gasteiger charge is 2.06. The highest BCUT2D eigenvalue weighted by molar-refractivity contribution is 6.31. The van der Waals surface area contributed by atoms with Crippen molar-refractivity contribution < 1.29 is 9.47 Å². The van der Waals surface area contributed by atoms with Crippen LogP contribution < -0.4 is 4.74 Å². The fraction of sp³-hybridized carbons (Fsp3) is 0.417. The minimum atomic E-state index is 0.399. The third-order valence-corrected chi connectivity index (χ3v) is 2.40. The van der Waals surface area contributed by atoms with Gasteiger partial charge >= 0.3 is 0 Å². The third kappa shape index (κ3) is 3.73. The number of benzene rings is 1. The summed E-state index contributed by atoms with van der Waals surface area (Å²) < 4.78 is 10.4. The number of methoxy groups -OCH3 is 1. The minimum Gasteiger partial charge on any atom is -0.492 e. The first-order valence-corrected chi connectivity index (χ1v) is 5.47. The number of rotatable bonds is 6. The van der Waals surface area contributed by atoms with Crippen molar-refractivity contribution in [2.24, 2.45) is 0 Å². The normalized spacial score (nSPS) is 9.81. The maximum atomic E-state index is 8.91. The molecule has 4 heteroatoms. The van der Waals surface area contributed by atoms with E-state index < -0.39 is 0 Å². The van der Waals surface area contributed by atoms with E-state index in [1.54, 1.807) is 25.3 Å². The molecule has 0 spiro atoms. The Kier molecular flexibility index (Phi) is 5.69. The molecule has 0 amide bonds. The van der Waals surface area contributed by atoms with Crippen molar-refractivity contribution in [1.29, 1.82) is 5.26 Å². The molecule has 1 aromatic carbocycles. The lowest BCUT2D eigenvalue weighted by atomic mass is 10.2. The number of hydrogen-bond donors (Lipinski definition) is 0. The Morgan fingerprint density at radius 3 is 2.75 bits per heavy atom. The van der Waals surface area contributed by atoms with Gasteiger partial charge in [-0.05, 0) is 25.0 Å². The molecule has 0 aliphatic heterocycles. The standard InChI is InChI=1S/C12H14ClNO2/c1-15-7-2-3-8-16-12-6-4-5-11(13)10(12)9-14/h4-6H,2-3,7-8H2,1H3. The zero-order valence-electron chi connectivity index (χ0n) is 9.20. The highest BCUT2D eigenvalue weighted by Crippen LogP contribution is 2.25. The second-order valence-electron chi connectivity index (χ2n) is 3.27. The van der Waals surface area contributed by atoms with Crippen LogP contribution in [0.5, 0.6) is 5.75 Å². The molecular weight excluding hydrogens is 226 g/mol. The lowest BCUT2D eigenvalue weighted by molar-refractivity contribution is 0.184. The van der Waals surface area contributed by atoms with Crippen molar-refractivity contribution in [1.82, 2.24) is 0 Å². The van der Waals surface area contributed by atoms with Crippen molar-refractivity contribution in [2.75, 3.05) is 20.3 Å². The van der Waals surface area contributed by atoms with E-state index in [1.165, 1.54) is 0 Å². The molecule has 0 saturated heterocycles. The van der Waals surface area contributed by atoms with Gasteiger partial charge in [0.2, 0.25) is 0 Å². The van der Waals surface area contributed by atoms with Crippen molar-refractivity contribution in [3.05, 3.63) is 28.8 Å². The van der Waals surface area contributed by atoms with Crippen LogP contribution in [0.2, 0.25) is 5.02 Å². The number of unbranched alkanes of at least 4 members (excludes halogenated alkanes) is 1. The number of nitrogens with zero attached hydrogens (tertiary/aromatic N) is 1. The zero-order valence-corrected chi connectivity index (χ0v) is 9.96. The monoisotopic (exact) mass is 239 g/mol. The third-order valence-electron chi connectivity index (χ3n) is 2.09. The van der Waals surface area contributed by atoms with E-state index in [0.29, 0.717) is 22.9 Å². The maximum absolute atomic E-state index is 8.91. The quantitative estimate of drug-likeness (QED) is 0.717. The molecule has 0 N–H and O–H groups in total. The molecule has 0 heterocycles. The lowest BCUT2D eigenvalue weighted by Gasteiger charge is -2.08. The summed E-state index contributed by atoms with van der Waals surface area (Å²) in [6.45, 7) is 1.29. The van der Waals surface area contributed by atoms with E-state index in [4.69, 9.17) is 26.3 Å². The van der Waals surface area contributed by atoms with Gasteiger partial charge in [-0.1, -0.05) is 17.7 Å². The molecule has 0 saturated carbocycles. The fourth-order valence-corrected chi connectivity index (χ4v) is 1.47. The van der Waals surface area contributed by atoms with Gasteiger partial charge in [-0.3, -0.25) is 0 Å². The topological polar surface area (TPSA) is 42.2 Å². The molecule has 0 bridgehead atoms. The average molecular weight is 240 g/mol. The van der Waals surface area contributed by atoms with Gasteiger partial charge in [-0.2, -0.15) is 5.26 Å². The molecule has 0 fully saturated rings. The average Bonchev–Trinajstić information content (AvgIpc) is 2.29. The van der Waals surface area contributed by atoms with Crippen LogP contribution in [0.25, 0.3) is 0 Å². The van der Waals surface area contributed by atoms with Gasteiger partial charge in [0.05, 0.1) is 11.6 Å². The van der Waals surface area contributed by atoms with Crippen molar-refractivity contribution in [2.45, 2.75) is 12.8 Å². The van der Waals surface area contributed by atoms with Gasteiger partial charge in [0.25, 0.3) is 0 Å². The Morgan fingerprint density at radius 2 is 2.06 bits per heavy atom. The van der Waals surface area contributed by atoms with E-state index in [-0.39, 0.29) is 0 Å². The molecular formula is C12H14ClNO2. The van der Waals surface area contributed by atoms with Crippen LogP contribution in [-0.4, -0.2) is 20.3 Å². The first-order chi connectivity index (χ1) is 7.79. The first-order valence-electron chi connectivity index (χ1n) is 5.10. The Labute approximate surface area is 101 Å². The summed E-state index contributed by atoms with van der Waals surface area (Å²) in [7, 11) is 1.67. The van der Waals surface area contributed by atoms with E-state index in [9.17, 15) is 0 Å². The second-order valence-corrected chi connectivity index (χ2v) is 3.68. The molecule has 0 aliphatic rings. The van der Waals surface area contributed by atoms with Crippen molar-refractivity contribution >= 4 is 11.6 Å². The first kappa shape index (κ1) is 12.8. The number of halogens is 1. The van der Waals surface area contributed by atoms with Gasteiger partial charge in [0, 0.05) is 13.7 Å². The molecule has 0 aliphatic carbocycles. The SMILES string of the molecule is COCCCCOc1cccc(Cl)c1C#N. The molecule has 86 valence electrons. The molecule has 16 heavy (non-hydrogen) atoms. The van der Waals surface area contributed by atoms with Crippen LogP contribution in [0.3, 0.4) is 0 Å². The van der Waals surface area contributed by atoms with Crippen LogP contribution in [0.1, 0.15) is 18.4 Å². The largest absolute Gasteiger partial charge is 0.492 e. The Bertz CT molecular complexity index is 374. The minimum absolute atomic E-state index is 0.399. The van der Waals surface area contributed by atoms with Gasteiger partial charge in [0.1, 0.15) is 17.4 Å². The number of ether oxygens (including phenoxy) is 2. The molecule has 3 nitrogen and oxygen atoms in total. The lowest BCUT2D eigenvalue weighted by Crippen LogP contribution is -2.01. The van der Waals surface area contributed by atoms with E-state index in [1.807, 2.05) is 6.07 Å². The Balaban J connectivity index is 2.48. The Hall–Kier alpha value is -1.24. The van der Waals surface area contributed by atoms with Crippen molar-refractivity contribution in [3.63, 3.8) is 0 Å². The molecule has 0 unspecified atom stereocenters. The highest BCUT2D eigenvalue weighted by atomic mass is 35.5. The molecule has 0 radical (unpaired) electrons. The molecule has 1 aromatic rings. The van der Waals surface area contributed by atoms with Crippen LogP contribution >= 0.6 is 11.6 Å². The predicted octanol–water partition coefficient (Wildman–Crippen LogP) is 3.02. The van der Waals surface area contributed by atoms with Crippen molar-refractivity contribution in [3.8, 4) is 11.8 Å². The Morgan fingerprint density at radius 1 is 1.31 bits per heavy atom. The summed E-state index contributed by atoms with van der Waals surface area (Å²) in [5.74, 6) is 0.549. The van der Waals surface area contributed by atoms with Gasteiger partial charge < -0.3 is 9.47 Å². The summed E-state index contributed by atoms with van der Waals surface area (Å²) in [4.78, 5) is 0. The van der Waals surface area contributed by atoms with Gasteiger partial charge in [-0.25, -0.2) is 0 Å². The van der Waals surface area contributed by atoms with Gasteiger partial charge in [-0.15, -0.1) is 0 Å². The summed E-state index contributed by atoms with van der Waals surface area (Å²) in [6.07, 6.45) is 1.84. The fourth-order valence-electron chi connectivity index (χ4n) is 1.26. The second kappa shape index (κ2) is 7.10. The maximum Gasteiger partial charge on any atom is 0.138 e. The summed E-state index contributed by atoms with van der Waals surface area (Å²) in [6, 6.07) is 7.23. The molecule has 1 rings (SSSR count). The number of nitriles is 1. The summed E-state index contributed by atoms with van der Waals surface area (Å²) >= 11 is 5.87. The predicted molar refractivity (Wildman–Crippen MR) is 62.8 cm³/mol. The van der Waals surface area contributed by atoms with Gasteiger partial charge in [0.15, 0.2) is 0 Å². The summed E-state index contributed by atoms with van der Waals surface area (Å²) in [5.41, 5.74) is 0.399. The van der Waals surface area contributed by atoms with E-state index in [2.05, 4.69) is 0 Å². The smallest absolute Gasteiger partial charge is 0.138 e. The zero-order chi connectivity index (χ0) is 11.8. The number of hydrogen-bond acceptors (Lipinski definition) is 3. The van der Waals surface area contributed by atoms with E-state index >= 15 is 0 Å². The molecule has 0 aromatic heterocycles. The van der Waals surface area contributed by atoms with Crippen LogP contribution in [0.15, 0.2) is 18.2 Å². The van der Waals surface area contributed by atoms with Crippen LogP contribution in [-0.2, 0) is 4.74 Å². The summed E-state index contributed by atoms with van der Waals surface area (Å²) in [5, 5.41) is 9.33. The van der Waals surface area contributed by atoms with Crippen LogP contribution in [0.4, 0.5) is 0 Å². The van der Waals surface area contributed by atoms with E-state index in [0.717, 1.165) is 19.4 Å². The molecule has 0 atom stereocenters.